The van der Waals surface area contributed by atoms with Gasteiger partial charge in [0.05, 0.1) is 12.6 Å². The molecule has 106 valence electrons. The van der Waals surface area contributed by atoms with Gasteiger partial charge < -0.3 is 4.90 Å². The summed E-state index contributed by atoms with van der Waals surface area (Å²) in [6.07, 6.45) is 0. The van der Waals surface area contributed by atoms with Crippen molar-refractivity contribution in [2.45, 2.75) is 10.9 Å². The van der Waals surface area contributed by atoms with Gasteiger partial charge in [-0.1, -0.05) is 76.6 Å². The molecule has 3 rings (SSSR count). The Morgan fingerprint density at radius 3 is 1.76 bits per heavy atom. The van der Waals surface area contributed by atoms with Crippen LogP contribution in [0.4, 0.5) is 0 Å². The fraction of sp³-hybridized carbons (Fsp3) is 0.176. The molecule has 0 spiro atoms. The largest absolute Gasteiger partial charge is 0.323 e. The van der Waals surface area contributed by atoms with E-state index in [-0.39, 0.29) is 24.3 Å². The van der Waals surface area contributed by atoms with Crippen molar-refractivity contribution in [1.29, 1.82) is 0 Å². The molecule has 1 fully saturated rings. The highest BCUT2D eigenvalue weighted by atomic mass is 79.9. The second kappa shape index (κ2) is 5.82. The molecule has 1 heterocycles. The Morgan fingerprint density at radius 1 is 0.905 bits per heavy atom. The van der Waals surface area contributed by atoms with E-state index in [0.29, 0.717) is 0 Å². The van der Waals surface area contributed by atoms with Gasteiger partial charge in [-0.15, -0.1) is 0 Å². The number of carbonyl (C=O) groups is 2. The van der Waals surface area contributed by atoms with Crippen LogP contribution in [0.1, 0.15) is 17.2 Å². The first-order valence-corrected chi connectivity index (χ1v) is 7.67. The maximum atomic E-state index is 12.4. The van der Waals surface area contributed by atoms with Crippen LogP contribution in [0.2, 0.25) is 0 Å². The number of Topliss-reactive ketones (excluding diaryl/α,β-unsaturated/α-hetero) is 1. The summed E-state index contributed by atoms with van der Waals surface area (Å²) in [7, 11) is 0. The van der Waals surface area contributed by atoms with Crippen molar-refractivity contribution in [3.63, 3.8) is 0 Å². The number of benzene rings is 2. The molecular weight excluding hydrogens is 330 g/mol. The predicted molar refractivity (Wildman–Crippen MR) is 84.2 cm³/mol. The zero-order valence-electron chi connectivity index (χ0n) is 11.3. The fourth-order valence-corrected chi connectivity index (χ4v) is 3.06. The summed E-state index contributed by atoms with van der Waals surface area (Å²) in [5.74, 6) is -0.255. The van der Waals surface area contributed by atoms with E-state index in [9.17, 15) is 9.59 Å². The van der Waals surface area contributed by atoms with Crippen molar-refractivity contribution in [3.05, 3.63) is 71.8 Å². The monoisotopic (exact) mass is 343 g/mol. The Kier molecular flexibility index (Phi) is 3.88. The van der Waals surface area contributed by atoms with Crippen LogP contribution in [0.25, 0.3) is 0 Å². The Morgan fingerprint density at radius 2 is 1.38 bits per heavy atom. The number of hydrogen-bond acceptors (Lipinski definition) is 2. The lowest BCUT2D eigenvalue weighted by Gasteiger charge is -2.28. The molecule has 1 aliphatic heterocycles. The van der Waals surface area contributed by atoms with E-state index in [4.69, 9.17) is 0 Å². The average molecular weight is 344 g/mol. The van der Waals surface area contributed by atoms with Gasteiger partial charge in [-0.05, 0) is 11.1 Å². The number of carbonyl (C=O) groups excluding carboxylic acids is 2. The molecule has 0 saturated carbocycles. The van der Waals surface area contributed by atoms with Gasteiger partial charge >= 0.3 is 0 Å². The van der Waals surface area contributed by atoms with Gasteiger partial charge in [0, 0.05) is 0 Å². The molecule has 1 unspecified atom stereocenters. The molecule has 2 aromatic rings. The second-order valence-corrected chi connectivity index (χ2v) is 5.93. The molecule has 0 aromatic heterocycles. The van der Waals surface area contributed by atoms with Gasteiger partial charge in [-0.3, -0.25) is 9.59 Å². The Hall–Kier alpha value is -1.94. The molecule has 0 N–H and O–H groups in total. The number of hydrogen-bond donors (Lipinski definition) is 0. The van der Waals surface area contributed by atoms with Crippen LogP contribution in [0.5, 0.6) is 0 Å². The first-order chi connectivity index (χ1) is 10.2. The van der Waals surface area contributed by atoms with Crippen LogP contribution >= 0.6 is 15.9 Å². The van der Waals surface area contributed by atoms with Crippen LogP contribution in [0.15, 0.2) is 60.7 Å². The third kappa shape index (κ3) is 2.63. The number of likely N-dealkylation sites (tertiary alicyclic amines) is 1. The lowest BCUT2D eigenvalue weighted by Crippen LogP contribution is -2.32. The summed E-state index contributed by atoms with van der Waals surface area (Å²) in [6.45, 7) is 0.142. The molecule has 1 amide bonds. The molecule has 1 saturated heterocycles. The first kappa shape index (κ1) is 14.0. The summed E-state index contributed by atoms with van der Waals surface area (Å²) in [5.41, 5.74) is 2.01. The number of ketones is 1. The third-order valence-electron chi connectivity index (χ3n) is 3.65. The van der Waals surface area contributed by atoms with Gasteiger partial charge in [0.25, 0.3) is 0 Å². The number of alkyl halides is 1. The highest BCUT2D eigenvalue weighted by Crippen LogP contribution is 2.32. The molecular formula is C17H14BrNO2. The molecule has 2 aromatic carbocycles. The summed E-state index contributed by atoms with van der Waals surface area (Å²) in [6, 6.07) is 19.4. The quantitative estimate of drug-likeness (QED) is 0.634. The third-order valence-corrected chi connectivity index (χ3v) is 4.55. The van der Waals surface area contributed by atoms with E-state index >= 15 is 0 Å². The van der Waals surface area contributed by atoms with Crippen LogP contribution in [-0.2, 0) is 9.59 Å². The number of halogens is 1. The SMILES string of the molecule is O=C1CN(C(c2ccccc2)c2ccccc2)C(=O)C1Br. The minimum atomic E-state index is -0.715. The fourth-order valence-electron chi connectivity index (χ4n) is 2.65. The van der Waals surface area contributed by atoms with Crippen molar-refractivity contribution < 1.29 is 9.59 Å². The summed E-state index contributed by atoms with van der Waals surface area (Å²) in [4.78, 5) is 25.1. The smallest absolute Gasteiger partial charge is 0.245 e. The topological polar surface area (TPSA) is 37.4 Å². The summed E-state index contributed by atoms with van der Waals surface area (Å²) < 4.78 is 0. The lowest BCUT2D eigenvalue weighted by molar-refractivity contribution is -0.128. The van der Waals surface area contributed by atoms with Crippen LogP contribution in [0.3, 0.4) is 0 Å². The average Bonchev–Trinajstić information content (AvgIpc) is 2.78. The lowest BCUT2D eigenvalue weighted by atomic mass is 9.97. The van der Waals surface area contributed by atoms with Crippen molar-refractivity contribution >= 4 is 27.6 Å². The Balaban J connectivity index is 2.06. The molecule has 0 bridgehead atoms. The van der Waals surface area contributed by atoms with Crippen molar-refractivity contribution in [3.8, 4) is 0 Å². The van der Waals surface area contributed by atoms with Crippen LogP contribution < -0.4 is 0 Å². The molecule has 0 radical (unpaired) electrons. The van der Waals surface area contributed by atoms with Gasteiger partial charge in [-0.25, -0.2) is 0 Å². The highest BCUT2D eigenvalue weighted by Gasteiger charge is 2.41. The Bertz CT molecular complexity index is 618. The zero-order valence-corrected chi connectivity index (χ0v) is 12.9. The summed E-state index contributed by atoms with van der Waals surface area (Å²) >= 11 is 3.18. The van der Waals surface area contributed by atoms with E-state index in [1.807, 2.05) is 60.7 Å². The second-order valence-electron chi connectivity index (χ2n) is 5.02. The summed E-state index contributed by atoms with van der Waals surface area (Å²) in [5, 5.41) is 0. The first-order valence-electron chi connectivity index (χ1n) is 6.75. The number of nitrogens with zero attached hydrogens (tertiary/aromatic N) is 1. The zero-order chi connectivity index (χ0) is 14.8. The van der Waals surface area contributed by atoms with E-state index in [1.54, 1.807) is 4.90 Å². The molecule has 1 aliphatic rings. The minimum Gasteiger partial charge on any atom is -0.323 e. The van der Waals surface area contributed by atoms with Gasteiger partial charge in [-0.2, -0.15) is 0 Å². The van der Waals surface area contributed by atoms with Crippen molar-refractivity contribution in [2.75, 3.05) is 6.54 Å². The number of amides is 1. The minimum absolute atomic E-state index is 0.0862. The van der Waals surface area contributed by atoms with Crippen molar-refractivity contribution in [1.82, 2.24) is 4.90 Å². The normalized spacial score (nSPS) is 18.6. The molecule has 1 atom stereocenters. The standard InChI is InChI=1S/C17H14BrNO2/c18-15-14(20)11-19(17(15)21)16(12-7-3-1-4-8-12)13-9-5-2-6-10-13/h1-10,15-16H,11H2. The molecule has 0 aliphatic carbocycles. The van der Waals surface area contributed by atoms with Gasteiger partial charge in [0.1, 0.15) is 0 Å². The van der Waals surface area contributed by atoms with E-state index in [1.165, 1.54) is 0 Å². The highest BCUT2D eigenvalue weighted by molar-refractivity contribution is 9.10. The predicted octanol–water partition coefficient (Wildman–Crippen LogP) is 2.95. The van der Waals surface area contributed by atoms with E-state index < -0.39 is 4.83 Å². The Labute approximate surface area is 131 Å². The van der Waals surface area contributed by atoms with E-state index in [0.717, 1.165) is 11.1 Å². The van der Waals surface area contributed by atoms with Gasteiger partial charge in [0.2, 0.25) is 5.91 Å². The van der Waals surface area contributed by atoms with E-state index in [2.05, 4.69) is 15.9 Å². The van der Waals surface area contributed by atoms with Crippen LogP contribution in [-0.4, -0.2) is 28.0 Å². The maximum absolute atomic E-state index is 12.4. The van der Waals surface area contributed by atoms with Crippen molar-refractivity contribution in [2.24, 2.45) is 0 Å². The molecule has 4 heteroatoms. The molecule has 3 nitrogen and oxygen atoms in total. The van der Waals surface area contributed by atoms with Gasteiger partial charge in [0.15, 0.2) is 10.6 Å². The number of rotatable bonds is 3. The van der Waals surface area contributed by atoms with Crippen LogP contribution in [0, 0.1) is 0 Å². The maximum Gasteiger partial charge on any atom is 0.245 e. The molecule has 21 heavy (non-hydrogen) atoms.